The Bertz CT molecular complexity index is 842. The molecule has 0 radical (unpaired) electrons. The van der Waals surface area contributed by atoms with Crippen LogP contribution in [0.15, 0.2) is 29.6 Å². The number of nitrogens with zero attached hydrogens (tertiary/aromatic N) is 1. The summed E-state index contributed by atoms with van der Waals surface area (Å²) in [7, 11) is 0. The van der Waals surface area contributed by atoms with Gasteiger partial charge in [-0.15, -0.1) is 11.3 Å². The standard InChI is InChI=1S/C21H23NO3S/c1-14(20(23)22-11-10-15-6-2-3-7-16(15)12-22)25-21(24)18-13-26-19-9-5-4-8-17(18)19/h2-3,6-7,13-14H,4-5,8-12H2,1H3/t14-/m1/s1. The number of aryl methyl sites for hydroxylation is 1. The van der Waals surface area contributed by atoms with Gasteiger partial charge in [0.25, 0.3) is 5.91 Å². The maximum atomic E-state index is 12.8. The fourth-order valence-corrected chi connectivity index (χ4v) is 5.00. The van der Waals surface area contributed by atoms with Crippen molar-refractivity contribution in [3.8, 4) is 0 Å². The zero-order chi connectivity index (χ0) is 18.1. The topological polar surface area (TPSA) is 46.6 Å². The van der Waals surface area contributed by atoms with Gasteiger partial charge in [-0.25, -0.2) is 4.79 Å². The third-order valence-electron chi connectivity index (χ3n) is 5.36. The second-order valence-corrected chi connectivity index (χ2v) is 8.05. The molecule has 2 aromatic rings. The van der Waals surface area contributed by atoms with E-state index in [1.165, 1.54) is 22.4 Å². The van der Waals surface area contributed by atoms with Crippen molar-refractivity contribution in [3.63, 3.8) is 0 Å². The summed E-state index contributed by atoms with van der Waals surface area (Å²) in [6, 6.07) is 8.20. The Labute approximate surface area is 157 Å². The minimum absolute atomic E-state index is 0.114. The van der Waals surface area contributed by atoms with Crippen molar-refractivity contribution in [2.75, 3.05) is 6.54 Å². The summed E-state index contributed by atoms with van der Waals surface area (Å²) in [6.45, 7) is 2.94. The fraction of sp³-hybridized carbons (Fsp3) is 0.429. The van der Waals surface area contributed by atoms with E-state index in [0.29, 0.717) is 18.7 Å². The Morgan fingerprint density at radius 1 is 1.12 bits per heavy atom. The van der Waals surface area contributed by atoms with Crippen LogP contribution < -0.4 is 0 Å². The first-order chi connectivity index (χ1) is 12.6. The van der Waals surface area contributed by atoms with Crippen LogP contribution in [0.4, 0.5) is 0 Å². The Balaban J connectivity index is 1.42. The average Bonchev–Trinajstić information content (AvgIpc) is 3.11. The molecule has 1 aliphatic carbocycles. The van der Waals surface area contributed by atoms with Crippen LogP contribution in [0.5, 0.6) is 0 Å². The Morgan fingerprint density at radius 2 is 1.88 bits per heavy atom. The summed E-state index contributed by atoms with van der Waals surface area (Å²) < 4.78 is 5.54. The molecule has 5 heteroatoms. The van der Waals surface area contributed by atoms with Crippen LogP contribution in [0.25, 0.3) is 0 Å². The van der Waals surface area contributed by atoms with Gasteiger partial charge in [-0.05, 0) is 55.7 Å². The molecule has 0 saturated heterocycles. The molecule has 0 N–H and O–H groups in total. The van der Waals surface area contributed by atoms with E-state index in [1.807, 2.05) is 17.5 Å². The maximum absolute atomic E-state index is 12.8. The van der Waals surface area contributed by atoms with Crippen molar-refractivity contribution in [3.05, 3.63) is 56.8 Å². The summed E-state index contributed by atoms with van der Waals surface area (Å²) in [4.78, 5) is 28.4. The van der Waals surface area contributed by atoms with Gasteiger partial charge in [0.1, 0.15) is 0 Å². The lowest BCUT2D eigenvalue weighted by molar-refractivity contribution is -0.140. The third kappa shape index (κ3) is 3.28. The van der Waals surface area contributed by atoms with Crippen molar-refractivity contribution in [2.45, 2.75) is 51.7 Å². The highest BCUT2D eigenvalue weighted by Crippen LogP contribution is 2.31. The number of thiophene rings is 1. The summed E-state index contributed by atoms with van der Waals surface area (Å²) in [6.07, 6.45) is 4.38. The van der Waals surface area contributed by atoms with Gasteiger partial charge in [-0.2, -0.15) is 0 Å². The molecule has 136 valence electrons. The minimum Gasteiger partial charge on any atom is -0.449 e. The molecule has 1 aromatic heterocycles. The summed E-state index contributed by atoms with van der Waals surface area (Å²) >= 11 is 1.64. The van der Waals surface area contributed by atoms with Crippen LogP contribution in [0.1, 0.15) is 51.7 Å². The number of ether oxygens (including phenoxy) is 1. The van der Waals surface area contributed by atoms with Gasteiger partial charge in [0.2, 0.25) is 0 Å². The van der Waals surface area contributed by atoms with Crippen LogP contribution in [0, 0.1) is 0 Å². The van der Waals surface area contributed by atoms with Gasteiger partial charge in [-0.3, -0.25) is 4.79 Å². The van der Waals surface area contributed by atoms with Gasteiger partial charge < -0.3 is 9.64 Å². The fourth-order valence-electron chi connectivity index (χ4n) is 3.88. The van der Waals surface area contributed by atoms with E-state index in [9.17, 15) is 9.59 Å². The van der Waals surface area contributed by atoms with Crippen molar-refractivity contribution in [1.82, 2.24) is 4.90 Å². The van der Waals surface area contributed by atoms with Gasteiger partial charge >= 0.3 is 5.97 Å². The van der Waals surface area contributed by atoms with Gasteiger partial charge in [-0.1, -0.05) is 24.3 Å². The molecule has 1 amide bonds. The molecule has 0 unspecified atom stereocenters. The van der Waals surface area contributed by atoms with E-state index in [0.717, 1.165) is 31.2 Å². The second kappa shape index (κ2) is 7.23. The summed E-state index contributed by atoms with van der Waals surface area (Å²) in [5.41, 5.74) is 4.27. The Morgan fingerprint density at radius 3 is 2.73 bits per heavy atom. The van der Waals surface area contributed by atoms with E-state index in [1.54, 1.807) is 23.2 Å². The van der Waals surface area contributed by atoms with Crippen molar-refractivity contribution in [2.24, 2.45) is 0 Å². The highest BCUT2D eigenvalue weighted by Gasteiger charge is 2.29. The second-order valence-electron chi connectivity index (χ2n) is 7.08. The highest BCUT2D eigenvalue weighted by atomic mass is 32.1. The number of amides is 1. The SMILES string of the molecule is C[C@@H](OC(=O)c1csc2c1CCCC2)C(=O)N1CCc2ccccc2C1. The largest absolute Gasteiger partial charge is 0.449 e. The number of fused-ring (bicyclic) bond motifs is 2. The normalized spacial score (nSPS) is 17.2. The number of hydrogen-bond acceptors (Lipinski definition) is 4. The predicted molar refractivity (Wildman–Crippen MR) is 101 cm³/mol. The molecule has 4 rings (SSSR count). The third-order valence-corrected chi connectivity index (χ3v) is 6.44. The zero-order valence-electron chi connectivity index (χ0n) is 15.0. The number of rotatable bonds is 3. The minimum atomic E-state index is -0.757. The molecule has 0 saturated carbocycles. The molecule has 2 aliphatic rings. The first-order valence-corrected chi connectivity index (χ1v) is 10.2. The highest BCUT2D eigenvalue weighted by molar-refractivity contribution is 7.10. The van der Waals surface area contributed by atoms with E-state index in [4.69, 9.17) is 4.74 Å². The van der Waals surface area contributed by atoms with Crippen LogP contribution in [0.3, 0.4) is 0 Å². The lowest BCUT2D eigenvalue weighted by Crippen LogP contribution is -2.42. The van der Waals surface area contributed by atoms with E-state index < -0.39 is 6.10 Å². The number of hydrogen-bond donors (Lipinski definition) is 0. The van der Waals surface area contributed by atoms with Crippen molar-refractivity contribution >= 4 is 23.2 Å². The molecule has 1 atom stereocenters. The zero-order valence-corrected chi connectivity index (χ0v) is 15.8. The number of benzene rings is 1. The van der Waals surface area contributed by atoms with E-state index in [2.05, 4.69) is 12.1 Å². The van der Waals surface area contributed by atoms with Gasteiger partial charge in [0.05, 0.1) is 5.56 Å². The number of carbonyl (C=O) groups excluding carboxylic acids is 2. The van der Waals surface area contributed by atoms with Crippen LogP contribution in [-0.2, 0) is 35.3 Å². The van der Waals surface area contributed by atoms with Gasteiger partial charge in [0.15, 0.2) is 6.10 Å². The molecular formula is C21H23NO3S. The molecule has 2 heterocycles. The smallest absolute Gasteiger partial charge is 0.340 e. The van der Waals surface area contributed by atoms with Crippen LogP contribution in [0.2, 0.25) is 0 Å². The lowest BCUT2D eigenvalue weighted by Gasteiger charge is -2.30. The quantitative estimate of drug-likeness (QED) is 0.774. The number of esters is 1. The Kier molecular flexibility index (Phi) is 4.81. The molecule has 1 aliphatic heterocycles. The first kappa shape index (κ1) is 17.3. The first-order valence-electron chi connectivity index (χ1n) is 9.29. The Hall–Kier alpha value is -2.14. The average molecular weight is 369 g/mol. The van der Waals surface area contributed by atoms with E-state index in [-0.39, 0.29) is 11.9 Å². The lowest BCUT2D eigenvalue weighted by atomic mass is 9.96. The predicted octanol–water partition coefficient (Wildman–Crippen LogP) is 3.76. The molecule has 0 bridgehead atoms. The summed E-state index contributed by atoms with van der Waals surface area (Å²) in [5.74, 6) is -0.473. The van der Waals surface area contributed by atoms with Gasteiger partial charge in [0, 0.05) is 23.3 Å². The molecule has 0 spiro atoms. The van der Waals surface area contributed by atoms with E-state index >= 15 is 0 Å². The van der Waals surface area contributed by atoms with Crippen molar-refractivity contribution < 1.29 is 14.3 Å². The number of carbonyl (C=O) groups is 2. The molecule has 0 fully saturated rings. The molecule has 26 heavy (non-hydrogen) atoms. The maximum Gasteiger partial charge on any atom is 0.340 e. The molecule has 1 aromatic carbocycles. The summed E-state index contributed by atoms with van der Waals surface area (Å²) in [5, 5.41) is 1.90. The van der Waals surface area contributed by atoms with Crippen LogP contribution >= 0.6 is 11.3 Å². The molecular weight excluding hydrogens is 346 g/mol. The van der Waals surface area contributed by atoms with Crippen LogP contribution in [-0.4, -0.2) is 29.4 Å². The monoisotopic (exact) mass is 369 g/mol. The molecule has 4 nitrogen and oxygen atoms in total. The van der Waals surface area contributed by atoms with Crippen molar-refractivity contribution in [1.29, 1.82) is 0 Å².